The number of fused-ring (bicyclic) bond motifs is 1. The zero-order valence-corrected chi connectivity index (χ0v) is 11.8. The van der Waals surface area contributed by atoms with E-state index in [9.17, 15) is 4.79 Å². The summed E-state index contributed by atoms with van der Waals surface area (Å²) in [6.07, 6.45) is 1.07. The van der Waals surface area contributed by atoms with Gasteiger partial charge in [-0.2, -0.15) is 5.10 Å². The number of ketones is 1. The van der Waals surface area contributed by atoms with Crippen molar-refractivity contribution in [3.05, 3.63) is 40.6 Å². The van der Waals surface area contributed by atoms with E-state index in [1.807, 2.05) is 24.3 Å². The first kappa shape index (κ1) is 12.2. The van der Waals surface area contributed by atoms with Gasteiger partial charge in [-0.05, 0) is 28.1 Å². The zero-order valence-electron chi connectivity index (χ0n) is 10.3. The van der Waals surface area contributed by atoms with Crippen LogP contribution in [0, 0.1) is 0 Å². The van der Waals surface area contributed by atoms with E-state index in [0.29, 0.717) is 22.5 Å². The molecule has 6 heteroatoms. The molecule has 0 saturated carbocycles. The molecule has 1 N–H and O–H groups in total. The highest BCUT2D eigenvalue weighted by atomic mass is 79.9. The summed E-state index contributed by atoms with van der Waals surface area (Å²) in [6, 6.07) is 7.58. The Labute approximate surface area is 118 Å². The largest absolute Gasteiger partial charge is 0.478 e. The van der Waals surface area contributed by atoms with Gasteiger partial charge in [-0.15, -0.1) is 0 Å². The minimum Gasteiger partial charge on any atom is -0.478 e. The third-order valence-corrected chi connectivity index (χ3v) is 3.63. The van der Waals surface area contributed by atoms with E-state index in [4.69, 9.17) is 4.74 Å². The van der Waals surface area contributed by atoms with Gasteiger partial charge in [0.2, 0.25) is 5.78 Å². The summed E-state index contributed by atoms with van der Waals surface area (Å²) in [5.74, 6) is 0.610. The Hall–Kier alpha value is -1.82. The number of rotatable bonds is 2. The lowest BCUT2D eigenvalue weighted by atomic mass is 10.1. The van der Waals surface area contributed by atoms with Crippen molar-refractivity contribution in [2.24, 2.45) is 7.05 Å². The number of hydrogen-bond acceptors (Lipinski definition) is 4. The molecule has 1 aliphatic rings. The molecule has 2 heterocycles. The number of Topliss-reactive ketones (excluding diaryl/α,β-unsaturated/α-hetero) is 1. The number of hydrogen-bond donors (Lipinski definition) is 1. The predicted octanol–water partition coefficient (Wildman–Crippen LogP) is 2.24. The lowest BCUT2D eigenvalue weighted by Gasteiger charge is -2.26. The molecular formula is C13H12BrN3O2. The summed E-state index contributed by atoms with van der Waals surface area (Å²) in [5, 5.41) is 7.25. The van der Waals surface area contributed by atoms with Crippen molar-refractivity contribution >= 4 is 27.4 Å². The Morgan fingerprint density at radius 1 is 1.53 bits per heavy atom. The van der Waals surface area contributed by atoms with E-state index in [0.717, 1.165) is 5.69 Å². The Balaban J connectivity index is 1.88. The first-order valence-corrected chi connectivity index (χ1v) is 6.67. The quantitative estimate of drug-likeness (QED) is 0.862. The molecule has 1 atom stereocenters. The van der Waals surface area contributed by atoms with Gasteiger partial charge < -0.3 is 10.1 Å². The molecule has 0 saturated heterocycles. The Kier molecular flexibility index (Phi) is 3.02. The van der Waals surface area contributed by atoms with E-state index in [1.54, 1.807) is 17.9 Å². The summed E-state index contributed by atoms with van der Waals surface area (Å²) in [4.78, 5) is 12.5. The van der Waals surface area contributed by atoms with Crippen LogP contribution in [-0.2, 0) is 7.05 Å². The molecule has 5 nitrogen and oxygen atoms in total. The minimum absolute atomic E-state index is 0.0890. The molecule has 0 aliphatic carbocycles. The van der Waals surface area contributed by atoms with Crippen LogP contribution in [0.3, 0.4) is 0 Å². The van der Waals surface area contributed by atoms with Crippen molar-refractivity contribution in [3.8, 4) is 5.75 Å². The summed E-state index contributed by atoms with van der Waals surface area (Å²) >= 11 is 3.34. The summed E-state index contributed by atoms with van der Waals surface area (Å²) < 4.78 is 7.99. The van der Waals surface area contributed by atoms with Crippen molar-refractivity contribution in [3.63, 3.8) is 0 Å². The first-order chi connectivity index (χ1) is 9.16. The lowest BCUT2D eigenvalue weighted by Crippen LogP contribution is -2.38. The molecule has 0 amide bonds. The molecule has 1 aromatic carbocycles. The van der Waals surface area contributed by atoms with Crippen LogP contribution in [0.15, 0.2) is 34.9 Å². The molecule has 2 aromatic rings. The first-order valence-electron chi connectivity index (χ1n) is 5.88. The van der Waals surface area contributed by atoms with Gasteiger partial charge in [0.05, 0.1) is 22.9 Å². The van der Waals surface area contributed by atoms with Gasteiger partial charge >= 0.3 is 0 Å². The molecule has 3 rings (SSSR count). The maximum absolute atomic E-state index is 12.5. The maximum Gasteiger partial charge on any atom is 0.224 e. The standard InChI is InChI=1S/C13H12BrN3O2/c1-17-12(8(14)6-16-17)13(18)11-7-15-9-4-2-3-5-10(9)19-11/h2-6,11,15H,7H2,1H3. The normalized spacial score (nSPS) is 17.3. The molecule has 1 aliphatic heterocycles. The van der Waals surface area contributed by atoms with E-state index < -0.39 is 6.10 Å². The number of para-hydroxylation sites is 2. The second kappa shape index (κ2) is 4.70. The molecule has 1 aromatic heterocycles. The third kappa shape index (κ3) is 2.12. The van der Waals surface area contributed by atoms with Crippen LogP contribution in [0.4, 0.5) is 5.69 Å². The lowest BCUT2D eigenvalue weighted by molar-refractivity contribution is 0.0790. The third-order valence-electron chi connectivity index (χ3n) is 3.05. The Morgan fingerprint density at radius 3 is 3.05 bits per heavy atom. The maximum atomic E-state index is 12.5. The second-order valence-corrected chi connectivity index (χ2v) is 5.17. The fourth-order valence-electron chi connectivity index (χ4n) is 2.10. The highest BCUT2D eigenvalue weighted by Crippen LogP contribution is 2.29. The molecule has 1 unspecified atom stereocenters. The number of aromatic nitrogens is 2. The summed E-state index contributed by atoms with van der Waals surface area (Å²) in [7, 11) is 1.74. The number of nitrogens with zero attached hydrogens (tertiary/aromatic N) is 2. The van der Waals surface area contributed by atoms with E-state index in [2.05, 4.69) is 26.3 Å². The van der Waals surface area contributed by atoms with Crippen molar-refractivity contribution in [1.82, 2.24) is 9.78 Å². The summed E-state index contributed by atoms with van der Waals surface area (Å²) in [6.45, 7) is 0.452. The molecule has 0 fully saturated rings. The highest BCUT2D eigenvalue weighted by molar-refractivity contribution is 9.10. The topological polar surface area (TPSA) is 56.2 Å². The summed E-state index contributed by atoms with van der Waals surface area (Å²) in [5.41, 5.74) is 1.43. The Morgan fingerprint density at radius 2 is 2.32 bits per heavy atom. The van der Waals surface area contributed by atoms with E-state index in [1.165, 1.54) is 0 Å². The van der Waals surface area contributed by atoms with Crippen LogP contribution in [0.25, 0.3) is 0 Å². The van der Waals surface area contributed by atoms with Crippen LogP contribution < -0.4 is 10.1 Å². The molecule has 19 heavy (non-hydrogen) atoms. The molecule has 98 valence electrons. The van der Waals surface area contributed by atoms with Crippen LogP contribution in [0.5, 0.6) is 5.75 Å². The van der Waals surface area contributed by atoms with Gasteiger partial charge in [-0.25, -0.2) is 0 Å². The van der Waals surface area contributed by atoms with E-state index >= 15 is 0 Å². The van der Waals surface area contributed by atoms with Gasteiger partial charge in [0.25, 0.3) is 0 Å². The number of ether oxygens (including phenoxy) is 1. The Bertz CT molecular complexity index is 619. The molecule has 0 bridgehead atoms. The van der Waals surface area contributed by atoms with Gasteiger partial charge in [-0.1, -0.05) is 12.1 Å². The fraction of sp³-hybridized carbons (Fsp3) is 0.231. The molecular weight excluding hydrogens is 310 g/mol. The zero-order chi connectivity index (χ0) is 13.4. The predicted molar refractivity (Wildman–Crippen MR) is 74.6 cm³/mol. The number of benzene rings is 1. The number of carbonyl (C=O) groups is 1. The number of halogens is 1. The highest BCUT2D eigenvalue weighted by Gasteiger charge is 2.29. The minimum atomic E-state index is -0.540. The van der Waals surface area contributed by atoms with Crippen molar-refractivity contribution < 1.29 is 9.53 Å². The molecule has 0 spiro atoms. The van der Waals surface area contributed by atoms with Crippen molar-refractivity contribution in [1.29, 1.82) is 0 Å². The van der Waals surface area contributed by atoms with Crippen LogP contribution >= 0.6 is 15.9 Å². The fourth-order valence-corrected chi connectivity index (χ4v) is 2.64. The molecule has 0 radical (unpaired) electrons. The smallest absolute Gasteiger partial charge is 0.224 e. The number of aryl methyl sites for hydroxylation is 1. The van der Waals surface area contributed by atoms with Crippen molar-refractivity contribution in [2.45, 2.75) is 6.10 Å². The monoisotopic (exact) mass is 321 g/mol. The van der Waals surface area contributed by atoms with Gasteiger partial charge in [0.15, 0.2) is 6.10 Å². The van der Waals surface area contributed by atoms with Crippen LogP contribution in [0.2, 0.25) is 0 Å². The average Bonchev–Trinajstić information content (AvgIpc) is 2.77. The number of carbonyl (C=O) groups excluding carboxylic acids is 1. The van der Waals surface area contributed by atoms with Gasteiger partial charge in [0.1, 0.15) is 11.4 Å². The second-order valence-electron chi connectivity index (χ2n) is 4.31. The van der Waals surface area contributed by atoms with Gasteiger partial charge in [0, 0.05) is 7.05 Å². The van der Waals surface area contributed by atoms with Crippen LogP contribution in [-0.4, -0.2) is 28.2 Å². The number of anilines is 1. The SMILES string of the molecule is Cn1ncc(Br)c1C(=O)C1CNc2ccccc2O1. The average molecular weight is 322 g/mol. The van der Waals surface area contributed by atoms with Crippen LogP contribution in [0.1, 0.15) is 10.5 Å². The van der Waals surface area contributed by atoms with Gasteiger partial charge in [-0.3, -0.25) is 9.48 Å². The van der Waals surface area contributed by atoms with E-state index in [-0.39, 0.29) is 5.78 Å². The number of nitrogens with one attached hydrogen (secondary N) is 1. The van der Waals surface area contributed by atoms with Crippen molar-refractivity contribution in [2.75, 3.05) is 11.9 Å².